The molecule has 3 aliphatic rings. The number of rotatable bonds is 3. The van der Waals surface area contributed by atoms with Gasteiger partial charge in [0.25, 0.3) is 5.91 Å². The smallest absolute Gasteiger partial charge is 0.255 e. The molecule has 202 valence electrons. The van der Waals surface area contributed by atoms with Crippen LogP contribution in [0.1, 0.15) is 22.3 Å². The van der Waals surface area contributed by atoms with E-state index in [4.69, 9.17) is 5.73 Å². The first-order chi connectivity index (χ1) is 18.3. The average molecular weight is 533 g/mol. The Morgan fingerprint density at radius 1 is 1.05 bits per heavy atom. The zero-order chi connectivity index (χ0) is 28.5. The van der Waals surface area contributed by atoms with Crippen LogP contribution in [0.4, 0.5) is 0 Å². The molecule has 5 atom stereocenters. The normalized spacial score (nSPS) is 29.4. The monoisotopic (exact) mass is 532 g/mol. The molecule has 5 rings (SSSR count). The van der Waals surface area contributed by atoms with Crippen molar-refractivity contribution < 1.29 is 39.9 Å². The van der Waals surface area contributed by atoms with Gasteiger partial charge in [-0.2, -0.15) is 0 Å². The van der Waals surface area contributed by atoms with Crippen LogP contribution in [0.15, 0.2) is 59.4 Å². The number of nitrogens with two attached hydrogens (primary N) is 1. The predicted molar refractivity (Wildman–Crippen MR) is 141 cm³/mol. The number of primary amides is 1. The van der Waals surface area contributed by atoms with Gasteiger partial charge >= 0.3 is 0 Å². The molecule has 0 radical (unpaired) electrons. The van der Waals surface area contributed by atoms with E-state index in [0.29, 0.717) is 11.1 Å². The van der Waals surface area contributed by atoms with Crippen molar-refractivity contribution in [1.29, 1.82) is 0 Å². The van der Waals surface area contributed by atoms with Gasteiger partial charge in [-0.3, -0.25) is 19.3 Å². The molecule has 2 aromatic carbocycles. The number of carbonyl (C=O) groups excluding carboxylic acids is 3. The van der Waals surface area contributed by atoms with Crippen molar-refractivity contribution in [3.05, 3.63) is 81.6 Å². The van der Waals surface area contributed by atoms with Crippen LogP contribution in [-0.4, -0.2) is 79.7 Å². The number of aliphatic hydroxyl groups is 4. The summed E-state index contributed by atoms with van der Waals surface area (Å²) in [5.41, 5.74) is 3.13. The van der Waals surface area contributed by atoms with Gasteiger partial charge in [-0.15, -0.1) is 0 Å². The number of phenolic OH excluding ortho intramolecular Hbond substituents is 1. The molecule has 2 aromatic rings. The summed E-state index contributed by atoms with van der Waals surface area (Å²) in [6, 6.07) is 10.4. The third kappa shape index (κ3) is 3.49. The highest BCUT2D eigenvalue weighted by molar-refractivity contribution is 6.25. The molecule has 10 nitrogen and oxygen atoms in total. The number of likely N-dealkylation sites (N-methyl/N-ethyl adjacent to an activating group) is 1. The highest BCUT2D eigenvalue weighted by atomic mass is 16.4. The van der Waals surface area contributed by atoms with Crippen LogP contribution in [0.5, 0.6) is 5.75 Å². The lowest BCUT2D eigenvalue weighted by Crippen LogP contribution is -2.70. The Morgan fingerprint density at radius 2 is 1.72 bits per heavy atom. The third-order valence-electron chi connectivity index (χ3n) is 8.03. The van der Waals surface area contributed by atoms with Crippen molar-refractivity contribution in [3.63, 3.8) is 0 Å². The number of carbonyl (C=O) groups is 3. The van der Waals surface area contributed by atoms with E-state index >= 15 is 0 Å². The van der Waals surface area contributed by atoms with Gasteiger partial charge < -0.3 is 31.3 Å². The lowest BCUT2D eigenvalue weighted by atomic mass is 9.55. The molecule has 0 spiro atoms. The molecule has 1 amide bonds. The number of aliphatic hydroxyl groups excluding tert-OH is 3. The molecular weight excluding hydrogens is 504 g/mol. The maximum atomic E-state index is 14.1. The summed E-state index contributed by atoms with van der Waals surface area (Å²) in [5.74, 6) is -8.78. The number of Topliss-reactive ketones (excluding diaryl/α,β-unsaturated/α-hetero) is 2. The highest BCUT2D eigenvalue weighted by Crippen LogP contribution is 2.56. The second-order valence-corrected chi connectivity index (χ2v) is 10.4. The summed E-state index contributed by atoms with van der Waals surface area (Å²) in [6.07, 6.45) is -0.00521. The Balaban J connectivity index is 1.88. The van der Waals surface area contributed by atoms with E-state index in [2.05, 4.69) is 0 Å². The topological polar surface area (TPSA) is 182 Å². The molecule has 1 fully saturated rings. The van der Waals surface area contributed by atoms with E-state index in [9.17, 15) is 39.9 Å². The molecular formula is C29H28N2O8. The van der Waals surface area contributed by atoms with E-state index in [1.54, 1.807) is 24.3 Å². The Bertz CT molecular complexity index is 1550. The number of fused-ring (bicyclic) bond motifs is 3. The van der Waals surface area contributed by atoms with Crippen molar-refractivity contribution in [2.75, 3.05) is 14.1 Å². The van der Waals surface area contributed by atoms with Crippen molar-refractivity contribution in [2.45, 2.75) is 24.7 Å². The minimum Gasteiger partial charge on any atom is -0.508 e. The molecule has 0 unspecified atom stereocenters. The van der Waals surface area contributed by atoms with Crippen LogP contribution >= 0.6 is 0 Å². The van der Waals surface area contributed by atoms with E-state index in [1.807, 2.05) is 25.1 Å². The third-order valence-corrected chi connectivity index (χ3v) is 8.03. The first-order valence-corrected chi connectivity index (χ1v) is 12.3. The number of ketones is 2. The molecule has 0 aromatic heterocycles. The molecule has 3 aliphatic carbocycles. The Kier molecular flexibility index (Phi) is 6.02. The lowest BCUT2D eigenvalue weighted by Gasteiger charge is -2.53. The zero-order valence-corrected chi connectivity index (χ0v) is 21.4. The largest absolute Gasteiger partial charge is 0.508 e. The average Bonchev–Trinajstić information content (AvgIpc) is 2.86. The van der Waals surface area contributed by atoms with Gasteiger partial charge in [0.1, 0.15) is 22.8 Å². The SMILES string of the molecule is Cc1ccccc1/C=C1\c2cccc(O)c2C(O)=C2C(=O)[C@]3(O)C(O)=C(C(N)=O)C(=O)[C@@H](N(C)C)[C@@H]3[C@@H](O)[C@@H]21. The summed E-state index contributed by atoms with van der Waals surface area (Å²) in [4.78, 5) is 41.0. The summed E-state index contributed by atoms with van der Waals surface area (Å²) in [5, 5.41) is 56.8. The summed E-state index contributed by atoms with van der Waals surface area (Å²) in [7, 11) is 2.92. The second-order valence-electron chi connectivity index (χ2n) is 10.4. The quantitative estimate of drug-likeness (QED) is 0.317. The summed E-state index contributed by atoms with van der Waals surface area (Å²) < 4.78 is 0. The number of nitrogens with zero attached hydrogens (tertiary/aromatic N) is 1. The number of hydrogen-bond donors (Lipinski definition) is 6. The Hall–Kier alpha value is -4.25. The minimum atomic E-state index is -2.97. The van der Waals surface area contributed by atoms with Crippen molar-refractivity contribution in [1.82, 2.24) is 4.90 Å². The van der Waals surface area contributed by atoms with Gasteiger partial charge in [0.2, 0.25) is 5.78 Å². The van der Waals surface area contributed by atoms with Gasteiger partial charge in [-0.05, 0) is 49.3 Å². The molecule has 10 heteroatoms. The molecule has 0 bridgehead atoms. The molecule has 0 heterocycles. The van der Waals surface area contributed by atoms with Crippen LogP contribution in [0.25, 0.3) is 17.4 Å². The predicted octanol–water partition coefficient (Wildman–Crippen LogP) is 1.24. The van der Waals surface area contributed by atoms with E-state index in [-0.39, 0.29) is 11.3 Å². The fourth-order valence-corrected chi connectivity index (χ4v) is 6.23. The molecule has 39 heavy (non-hydrogen) atoms. The van der Waals surface area contributed by atoms with Crippen LogP contribution in [-0.2, 0) is 14.4 Å². The van der Waals surface area contributed by atoms with Gasteiger partial charge in [0, 0.05) is 5.92 Å². The Morgan fingerprint density at radius 3 is 2.33 bits per heavy atom. The highest BCUT2D eigenvalue weighted by Gasteiger charge is 2.68. The van der Waals surface area contributed by atoms with Crippen molar-refractivity contribution in [2.24, 2.45) is 17.6 Å². The fourth-order valence-electron chi connectivity index (χ4n) is 6.23. The Labute approximate surface area is 223 Å². The molecule has 0 aliphatic heterocycles. The zero-order valence-electron chi connectivity index (χ0n) is 21.4. The minimum absolute atomic E-state index is 0.0965. The van der Waals surface area contributed by atoms with Crippen molar-refractivity contribution in [3.8, 4) is 5.75 Å². The van der Waals surface area contributed by atoms with Crippen LogP contribution < -0.4 is 5.73 Å². The van der Waals surface area contributed by atoms with Gasteiger partial charge in [-0.25, -0.2) is 0 Å². The van der Waals surface area contributed by atoms with E-state index in [1.165, 1.54) is 25.1 Å². The maximum absolute atomic E-state index is 14.1. The van der Waals surface area contributed by atoms with Gasteiger partial charge in [0.15, 0.2) is 11.4 Å². The number of aromatic hydroxyl groups is 1. The molecule has 0 saturated heterocycles. The fraction of sp³-hybridized carbons (Fsp3) is 0.276. The first kappa shape index (κ1) is 26.4. The standard InChI is InChI=1S/C29H28N2O8/c1-12-7-4-5-8-13(12)11-15-14-9-6-10-16(32)17(14)23(33)19-18(15)24(34)21-22(31(2)3)25(35)20(28(30)38)27(37)29(21,39)26(19)36/h4-11,18,21-22,24,32-34,37,39H,1-3H3,(H2,30,38)/b15-11+/t18-,21-,22+,24+,29+/m1/s1. The number of hydrogen-bond acceptors (Lipinski definition) is 9. The van der Waals surface area contributed by atoms with Gasteiger partial charge in [-0.1, -0.05) is 42.5 Å². The van der Waals surface area contributed by atoms with E-state index in [0.717, 1.165) is 11.1 Å². The maximum Gasteiger partial charge on any atom is 0.255 e. The van der Waals surface area contributed by atoms with Crippen LogP contribution in [0.3, 0.4) is 0 Å². The molecule has 7 N–H and O–H groups in total. The van der Waals surface area contributed by atoms with E-state index < -0.39 is 69.7 Å². The number of aryl methyl sites for hydroxylation is 1. The van der Waals surface area contributed by atoms with Gasteiger partial charge in [0.05, 0.1) is 29.2 Å². The van der Waals surface area contributed by atoms with Crippen LogP contribution in [0, 0.1) is 18.8 Å². The summed E-state index contributed by atoms with van der Waals surface area (Å²) in [6.45, 7) is 1.87. The summed E-state index contributed by atoms with van der Waals surface area (Å²) >= 11 is 0. The van der Waals surface area contributed by atoms with Crippen molar-refractivity contribution >= 4 is 34.9 Å². The number of benzene rings is 2. The van der Waals surface area contributed by atoms with Crippen LogP contribution in [0.2, 0.25) is 0 Å². The first-order valence-electron chi connectivity index (χ1n) is 12.3. The number of phenols is 1. The molecule has 1 saturated carbocycles. The second kappa shape index (κ2) is 8.91. The lowest BCUT2D eigenvalue weighted by molar-refractivity contribution is -0.166. The number of amides is 1.